The van der Waals surface area contributed by atoms with Gasteiger partial charge in [0.2, 0.25) is 0 Å². The molecule has 0 radical (unpaired) electrons. The van der Waals surface area contributed by atoms with Gasteiger partial charge in [-0.15, -0.1) is 0 Å². The summed E-state index contributed by atoms with van der Waals surface area (Å²) >= 11 is 12.7. The first-order chi connectivity index (χ1) is 8.69. The Balaban J connectivity index is 1.79. The van der Waals surface area contributed by atoms with E-state index in [1.54, 1.807) is 0 Å². The van der Waals surface area contributed by atoms with Crippen LogP contribution in [0.5, 0.6) is 0 Å². The van der Waals surface area contributed by atoms with Crippen molar-refractivity contribution in [2.75, 3.05) is 0 Å². The van der Waals surface area contributed by atoms with E-state index in [-0.39, 0.29) is 6.04 Å². The lowest BCUT2D eigenvalue weighted by Gasteiger charge is -2.03. The molecule has 1 aliphatic heterocycles. The van der Waals surface area contributed by atoms with Crippen molar-refractivity contribution >= 4 is 23.2 Å². The van der Waals surface area contributed by atoms with Crippen LogP contribution in [0.2, 0.25) is 0 Å². The SMILES string of the molecule is ClC1(Cl)C(c2ccccc2)N1Cc1ccccc1. The van der Waals surface area contributed by atoms with Crippen molar-refractivity contribution in [3.63, 3.8) is 0 Å². The first kappa shape index (κ1) is 12.0. The second kappa shape index (κ2) is 4.58. The van der Waals surface area contributed by atoms with Crippen LogP contribution in [0.4, 0.5) is 0 Å². The third kappa shape index (κ3) is 2.14. The van der Waals surface area contributed by atoms with Gasteiger partial charge in [-0.3, -0.25) is 4.90 Å². The van der Waals surface area contributed by atoms with E-state index in [1.165, 1.54) is 11.1 Å². The third-order valence-corrected chi connectivity index (χ3v) is 4.11. The Morgan fingerprint density at radius 1 is 0.889 bits per heavy atom. The van der Waals surface area contributed by atoms with Crippen LogP contribution in [0, 0.1) is 0 Å². The quantitative estimate of drug-likeness (QED) is 0.457. The van der Waals surface area contributed by atoms with Crippen molar-refractivity contribution in [3.8, 4) is 0 Å². The van der Waals surface area contributed by atoms with Gasteiger partial charge in [0.1, 0.15) is 0 Å². The first-order valence-corrected chi connectivity index (χ1v) is 6.68. The lowest BCUT2D eigenvalue weighted by Crippen LogP contribution is -2.03. The highest BCUT2D eigenvalue weighted by atomic mass is 35.5. The molecule has 0 bridgehead atoms. The molecule has 1 nitrogen and oxygen atoms in total. The van der Waals surface area contributed by atoms with Crippen molar-refractivity contribution in [2.24, 2.45) is 0 Å². The Hall–Kier alpha value is -1.02. The van der Waals surface area contributed by atoms with Gasteiger partial charge in [-0.05, 0) is 11.1 Å². The van der Waals surface area contributed by atoms with E-state index in [0.29, 0.717) is 0 Å². The van der Waals surface area contributed by atoms with Gasteiger partial charge in [0.05, 0.1) is 6.04 Å². The number of alkyl halides is 2. The van der Waals surface area contributed by atoms with Crippen LogP contribution in [0.25, 0.3) is 0 Å². The van der Waals surface area contributed by atoms with Crippen molar-refractivity contribution in [1.82, 2.24) is 4.90 Å². The summed E-state index contributed by atoms with van der Waals surface area (Å²) in [6.07, 6.45) is 0. The van der Waals surface area contributed by atoms with E-state index in [4.69, 9.17) is 23.2 Å². The van der Waals surface area contributed by atoms with Crippen LogP contribution in [0.1, 0.15) is 17.2 Å². The van der Waals surface area contributed by atoms with Crippen LogP contribution in [0.3, 0.4) is 0 Å². The molecule has 2 aromatic carbocycles. The summed E-state index contributed by atoms with van der Waals surface area (Å²) in [6, 6.07) is 20.5. The molecule has 18 heavy (non-hydrogen) atoms. The molecule has 1 saturated heterocycles. The molecular formula is C15H13Cl2N. The summed E-state index contributed by atoms with van der Waals surface area (Å²) in [4.78, 5) is 2.08. The minimum Gasteiger partial charge on any atom is -0.255 e. The Morgan fingerprint density at radius 2 is 1.44 bits per heavy atom. The molecule has 0 aromatic heterocycles. The highest BCUT2D eigenvalue weighted by molar-refractivity contribution is 6.50. The van der Waals surface area contributed by atoms with Crippen molar-refractivity contribution in [3.05, 3.63) is 71.8 Å². The van der Waals surface area contributed by atoms with E-state index < -0.39 is 4.46 Å². The lowest BCUT2D eigenvalue weighted by molar-refractivity contribution is 0.492. The van der Waals surface area contributed by atoms with Gasteiger partial charge in [-0.1, -0.05) is 83.9 Å². The summed E-state index contributed by atoms with van der Waals surface area (Å²) in [5.74, 6) is 0. The highest BCUT2D eigenvalue weighted by Gasteiger charge is 2.61. The fourth-order valence-corrected chi connectivity index (χ4v) is 2.99. The van der Waals surface area contributed by atoms with Gasteiger partial charge >= 0.3 is 0 Å². The zero-order valence-corrected chi connectivity index (χ0v) is 11.3. The largest absolute Gasteiger partial charge is 0.255 e. The molecular weight excluding hydrogens is 265 g/mol. The normalized spacial score (nSPS) is 24.8. The van der Waals surface area contributed by atoms with Crippen LogP contribution >= 0.6 is 23.2 Å². The van der Waals surface area contributed by atoms with E-state index >= 15 is 0 Å². The maximum absolute atomic E-state index is 6.35. The maximum atomic E-state index is 6.35. The summed E-state index contributed by atoms with van der Waals surface area (Å²) < 4.78 is -0.781. The Kier molecular flexibility index (Phi) is 3.06. The molecule has 92 valence electrons. The van der Waals surface area contributed by atoms with Gasteiger partial charge in [0.25, 0.3) is 0 Å². The Morgan fingerprint density at radius 3 is 2.06 bits per heavy atom. The molecule has 2 atom stereocenters. The first-order valence-electron chi connectivity index (χ1n) is 5.93. The lowest BCUT2D eigenvalue weighted by atomic mass is 10.1. The van der Waals surface area contributed by atoms with Gasteiger partial charge in [-0.2, -0.15) is 0 Å². The summed E-state index contributed by atoms with van der Waals surface area (Å²) in [7, 11) is 0. The van der Waals surface area contributed by atoms with Crippen LogP contribution in [-0.2, 0) is 6.54 Å². The molecule has 3 heteroatoms. The number of nitrogens with zero attached hydrogens (tertiary/aromatic N) is 1. The van der Waals surface area contributed by atoms with E-state index in [2.05, 4.69) is 29.2 Å². The number of benzene rings is 2. The molecule has 0 spiro atoms. The van der Waals surface area contributed by atoms with E-state index in [9.17, 15) is 0 Å². The molecule has 2 aromatic rings. The topological polar surface area (TPSA) is 3.01 Å². The maximum Gasteiger partial charge on any atom is 0.192 e. The van der Waals surface area contributed by atoms with Crippen molar-refractivity contribution in [2.45, 2.75) is 17.0 Å². The molecule has 1 aliphatic rings. The molecule has 3 rings (SSSR count). The molecule has 2 unspecified atom stereocenters. The molecule has 0 saturated carbocycles. The predicted octanol–water partition coefficient (Wildman–Crippen LogP) is 4.37. The minimum atomic E-state index is -0.781. The predicted molar refractivity (Wildman–Crippen MR) is 75.6 cm³/mol. The summed E-state index contributed by atoms with van der Waals surface area (Å²) in [5.41, 5.74) is 2.39. The Bertz CT molecular complexity index is 525. The smallest absolute Gasteiger partial charge is 0.192 e. The zero-order chi connectivity index (χ0) is 12.6. The molecule has 1 fully saturated rings. The third-order valence-electron chi connectivity index (χ3n) is 3.27. The molecule has 1 heterocycles. The average molecular weight is 278 g/mol. The van der Waals surface area contributed by atoms with Crippen molar-refractivity contribution < 1.29 is 0 Å². The van der Waals surface area contributed by atoms with E-state index in [0.717, 1.165) is 6.54 Å². The molecule has 0 amide bonds. The summed E-state index contributed by atoms with van der Waals surface area (Å²) in [6.45, 7) is 0.771. The molecule has 0 aliphatic carbocycles. The molecule has 0 N–H and O–H groups in total. The Labute approximate surface area is 117 Å². The van der Waals surface area contributed by atoms with Crippen LogP contribution < -0.4 is 0 Å². The number of rotatable bonds is 3. The second-order valence-corrected chi connectivity index (χ2v) is 5.86. The summed E-state index contributed by atoms with van der Waals surface area (Å²) in [5, 5.41) is 0. The minimum absolute atomic E-state index is 0.0854. The van der Waals surface area contributed by atoms with Crippen molar-refractivity contribution in [1.29, 1.82) is 0 Å². The van der Waals surface area contributed by atoms with Gasteiger partial charge in [0, 0.05) is 6.54 Å². The number of hydrogen-bond donors (Lipinski definition) is 0. The van der Waals surface area contributed by atoms with Gasteiger partial charge < -0.3 is 0 Å². The standard InChI is InChI=1S/C15H13Cl2N/c16-15(17)14(13-9-5-2-6-10-13)18(15)11-12-7-3-1-4-8-12/h1-10,14H,11H2. The monoisotopic (exact) mass is 277 g/mol. The second-order valence-electron chi connectivity index (χ2n) is 4.51. The van der Waals surface area contributed by atoms with Gasteiger partial charge in [-0.25, -0.2) is 0 Å². The van der Waals surface area contributed by atoms with Gasteiger partial charge in [0.15, 0.2) is 4.46 Å². The van der Waals surface area contributed by atoms with Crippen LogP contribution in [0.15, 0.2) is 60.7 Å². The number of hydrogen-bond acceptors (Lipinski definition) is 1. The highest BCUT2D eigenvalue weighted by Crippen LogP contribution is 2.59. The van der Waals surface area contributed by atoms with Crippen LogP contribution in [-0.4, -0.2) is 9.36 Å². The zero-order valence-electron chi connectivity index (χ0n) is 9.76. The fraction of sp³-hybridized carbons (Fsp3) is 0.200. The average Bonchev–Trinajstić information content (AvgIpc) is 2.93. The van der Waals surface area contributed by atoms with E-state index in [1.807, 2.05) is 36.4 Å². The fourth-order valence-electron chi connectivity index (χ4n) is 2.28. The number of halogens is 2.